The van der Waals surface area contributed by atoms with Crippen molar-refractivity contribution in [2.24, 2.45) is 23.0 Å². The fourth-order valence-electron chi connectivity index (χ4n) is 3.60. The largest absolute Gasteiger partial charge is 0.481 e. The smallest absolute Gasteiger partial charge is 0.313 e. The molecule has 1 saturated carbocycles. The van der Waals surface area contributed by atoms with E-state index in [4.69, 9.17) is 5.73 Å². The Hall–Kier alpha value is -1.63. The van der Waals surface area contributed by atoms with Gasteiger partial charge in [0.2, 0.25) is 11.8 Å². The van der Waals surface area contributed by atoms with Gasteiger partial charge in [0.15, 0.2) is 0 Å². The fraction of sp³-hybridized carbons (Fsp3) is 0.786. The van der Waals surface area contributed by atoms with Gasteiger partial charge in [0, 0.05) is 51.0 Å². The highest BCUT2D eigenvalue weighted by molar-refractivity contribution is 5.85. The van der Waals surface area contributed by atoms with Crippen LogP contribution in [0.4, 0.5) is 0 Å². The Labute approximate surface area is 123 Å². The van der Waals surface area contributed by atoms with Crippen molar-refractivity contribution in [1.82, 2.24) is 9.80 Å². The molecule has 3 fully saturated rings. The van der Waals surface area contributed by atoms with Gasteiger partial charge in [-0.25, -0.2) is 0 Å². The molecule has 2 amide bonds. The van der Waals surface area contributed by atoms with E-state index in [1.54, 1.807) is 9.80 Å². The second-order valence-electron chi connectivity index (χ2n) is 6.46. The van der Waals surface area contributed by atoms with Gasteiger partial charge in [0.05, 0.1) is 0 Å². The standard InChI is InChI=1S/C14H21N3O4/c15-4-3-11(18)16-5-10-6-17(12(19)9-1-2-9)8-14(10,7-16)13(20)21/h9-10H,1-8,15H2,(H,20,21)/t10-,14-/m0/s1. The number of amides is 2. The summed E-state index contributed by atoms with van der Waals surface area (Å²) < 4.78 is 0. The Morgan fingerprint density at radius 3 is 2.29 bits per heavy atom. The molecule has 2 aliphatic heterocycles. The molecule has 0 aromatic rings. The Morgan fingerprint density at radius 1 is 1.14 bits per heavy atom. The lowest BCUT2D eigenvalue weighted by atomic mass is 9.81. The molecule has 3 aliphatic rings. The predicted molar refractivity (Wildman–Crippen MR) is 73.1 cm³/mol. The van der Waals surface area contributed by atoms with Gasteiger partial charge >= 0.3 is 5.97 Å². The first-order chi connectivity index (χ1) is 9.98. The zero-order chi connectivity index (χ0) is 15.2. The van der Waals surface area contributed by atoms with Crippen LogP contribution < -0.4 is 5.73 Å². The molecule has 3 N–H and O–H groups in total. The van der Waals surface area contributed by atoms with Gasteiger partial charge in [-0.3, -0.25) is 14.4 Å². The van der Waals surface area contributed by atoms with Crippen LogP contribution in [0.3, 0.4) is 0 Å². The fourth-order valence-corrected chi connectivity index (χ4v) is 3.60. The molecule has 0 aromatic heterocycles. The molecule has 2 saturated heterocycles. The quantitative estimate of drug-likeness (QED) is 0.700. The zero-order valence-electron chi connectivity index (χ0n) is 12.0. The van der Waals surface area contributed by atoms with Gasteiger partial charge in [0.1, 0.15) is 5.41 Å². The molecule has 116 valence electrons. The summed E-state index contributed by atoms with van der Waals surface area (Å²) in [5.74, 6) is -0.969. The van der Waals surface area contributed by atoms with Crippen molar-refractivity contribution >= 4 is 17.8 Å². The minimum absolute atomic E-state index is 0.0878. The number of carboxylic acid groups (broad SMARTS) is 1. The summed E-state index contributed by atoms with van der Waals surface area (Å²) in [6.45, 7) is 1.56. The Bertz CT molecular complexity index is 491. The normalized spacial score (nSPS) is 31.4. The summed E-state index contributed by atoms with van der Waals surface area (Å²) in [4.78, 5) is 39.2. The lowest BCUT2D eigenvalue weighted by Gasteiger charge is -2.25. The van der Waals surface area contributed by atoms with Gasteiger partial charge in [-0.2, -0.15) is 0 Å². The first kappa shape index (κ1) is 14.3. The van der Waals surface area contributed by atoms with Crippen molar-refractivity contribution in [3.05, 3.63) is 0 Å². The van der Waals surface area contributed by atoms with Crippen LogP contribution in [-0.4, -0.2) is 65.4 Å². The molecule has 0 spiro atoms. The minimum atomic E-state index is -0.991. The van der Waals surface area contributed by atoms with Crippen molar-refractivity contribution in [1.29, 1.82) is 0 Å². The maximum Gasteiger partial charge on any atom is 0.313 e. The van der Waals surface area contributed by atoms with Gasteiger partial charge < -0.3 is 20.6 Å². The summed E-state index contributed by atoms with van der Waals surface area (Å²) in [5, 5.41) is 9.66. The van der Waals surface area contributed by atoms with Crippen LogP contribution in [-0.2, 0) is 14.4 Å². The number of fused-ring (bicyclic) bond motifs is 1. The SMILES string of the molecule is NCCC(=O)N1C[C@H]2CN(C(=O)C3CC3)C[C@@]2(C(=O)O)C1. The van der Waals surface area contributed by atoms with E-state index in [1.807, 2.05) is 0 Å². The highest BCUT2D eigenvalue weighted by Crippen LogP contribution is 2.44. The summed E-state index contributed by atoms with van der Waals surface area (Å²) in [6.07, 6.45) is 2.08. The molecule has 1 aliphatic carbocycles. The summed E-state index contributed by atoms with van der Waals surface area (Å²) in [5.41, 5.74) is 4.40. The number of likely N-dealkylation sites (tertiary alicyclic amines) is 2. The number of nitrogens with zero attached hydrogens (tertiary/aromatic N) is 2. The van der Waals surface area contributed by atoms with Crippen molar-refractivity contribution in [3.63, 3.8) is 0 Å². The lowest BCUT2D eigenvalue weighted by Crippen LogP contribution is -2.43. The van der Waals surface area contributed by atoms with E-state index < -0.39 is 11.4 Å². The van der Waals surface area contributed by atoms with E-state index in [9.17, 15) is 19.5 Å². The van der Waals surface area contributed by atoms with E-state index in [0.717, 1.165) is 12.8 Å². The third-order valence-corrected chi connectivity index (χ3v) is 4.98. The van der Waals surface area contributed by atoms with Crippen LogP contribution in [0.2, 0.25) is 0 Å². The van der Waals surface area contributed by atoms with Gasteiger partial charge in [0.25, 0.3) is 0 Å². The molecule has 0 aromatic carbocycles. The Morgan fingerprint density at radius 2 is 1.76 bits per heavy atom. The first-order valence-corrected chi connectivity index (χ1v) is 7.48. The van der Waals surface area contributed by atoms with E-state index >= 15 is 0 Å². The molecule has 7 heteroatoms. The molecule has 7 nitrogen and oxygen atoms in total. The second-order valence-corrected chi connectivity index (χ2v) is 6.46. The van der Waals surface area contributed by atoms with E-state index in [1.165, 1.54) is 0 Å². The maximum absolute atomic E-state index is 12.2. The van der Waals surface area contributed by atoms with Gasteiger partial charge in [-0.15, -0.1) is 0 Å². The van der Waals surface area contributed by atoms with Crippen LogP contribution in [0.25, 0.3) is 0 Å². The number of carboxylic acids is 1. The topological polar surface area (TPSA) is 104 Å². The average molecular weight is 295 g/mol. The highest BCUT2D eigenvalue weighted by atomic mass is 16.4. The molecule has 21 heavy (non-hydrogen) atoms. The maximum atomic E-state index is 12.2. The van der Waals surface area contributed by atoms with Crippen molar-refractivity contribution in [2.75, 3.05) is 32.7 Å². The molecule has 2 atom stereocenters. The second kappa shape index (κ2) is 4.98. The van der Waals surface area contributed by atoms with Crippen molar-refractivity contribution in [2.45, 2.75) is 19.3 Å². The average Bonchev–Trinajstić information content (AvgIpc) is 3.10. The Balaban J connectivity index is 1.74. The number of hydrogen-bond acceptors (Lipinski definition) is 4. The van der Waals surface area contributed by atoms with Crippen LogP contribution >= 0.6 is 0 Å². The van der Waals surface area contributed by atoms with Crippen LogP contribution in [0.5, 0.6) is 0 Å². The summed E-state index contributed by atoms with van der Waals surface area (Å²) in [7, 11) is 0. The first-order valence-electron chi connectivity index (χ1n) is 7.48. The molecule has 3 rings (SSSR count). The third kappa shape index (κ3) is 2.29. The minimum Gasteiger partial charge on any atom is -0.481 e. The molecular weight excluding hydrogens is 274 g/mol. The van der Waals surface area contributed by atoms with E-state index in [0.29, 0.717) is 13.1 Å². The van der Waals surface area contributed by atoms with Crippen molar-refractivity contribution in [3.8, 4) is 0 Å². The number of nitrogens with two attached hydrogens (primary N) is 1. The molecular formula is C14H21N3O4. The number of carbonyl (C=O) groups is 3. The van der Waals surface area contributed by atoms with Crippen LogP contribution in [0.1, 0.15) is 19.3 Å². The monoisotopic (exact) mass is 295 g/mol. The molecule has 2 heterocycles. The number of aliphatic carboxylic acids is 1. The lowest BCUT2D eigenvalue weighted by molar-refractivity contribution is -0.149. The third-order valence-electron chi connectivity index (χ3n) is 4.98. The van der Waals surface area contributed by atoms with E-state index in [-0.39, 0.29) is 49.7 Å². The predicted octanol–water partition coefficient (Wildman–Crippen LogP) is -0.883. The molecule has 0 radical (unpaired) electrons. The summed E-state index contributed by atoms with van der Waals surface area (Å²) in [6, 6.07) is 0. The molecule has 0 unspecified atom stereocenters. The number of carbonyl (C=O) groups excluding carboxylic acids is 2. The van der Waals surface area contributed by atoms with Gasteiger partial charge in [-0.05, 0) is 12.8 Å². The summed E-state index contributed by atoms with van der Waals surface area (Å²) >= 11 is 0. The van der Waals surface area contributed by atoms with Crippen LogP contribution in [0.15, 0.2) is 0 Å². The van der Waals surface area contributed by atoms with E-state index in [2.05, 4.69) is 0 Å². The van der Waals surface area contributed by atoms with Crippen LogP contribution in [0, 0.1) is 17.3 Å². The van der Waals surface area contributed by atoms with Gasteiger partial charge in [-0.1, -0.05) is 0 Å². The number of hydrogen-bond donors (Lipinski definition) is 2. The molecule has 0 bridgehead atoms. The van der Waals surface area contributed by atoms with Crippen molar-refractivity contribution < 1.29 is 19.5 Å². The highest BCUT2D eigenvalue weighted by Gasteiger charge is 2.59. The number of rotatable bonds is 4. The Kier molecular flexibility index (Phi) is 3.39. The zero-order valence-corrected chi connectivity index (χ0v) is 12.0.